The SMILES string of the molecule is Cl.c1cc(C2CCCCN2)on1. The molecule has 0 saturated carbocycles. The fourth-order valence-corrected chi connectivity index (χ4v) is 1.50. The maximum Gasteiger partial charge on any atom is 0.153 e. The molecule has 3 nitrogen and oxygen atoms in total. The highest BCUT2D eigenvalue weighted by atomic mass is 35.5. The van der Waals surface area contributed by atoms with Gasteiger partial charge < -0.3 is 9.84 Å². The summed E-state index contributed by atoms with van der Waals surface area (Å²) in [5.41, 5.74) is 0. The first kappa shape index (κ1) is 9.55. The molecule has 0 aromatic carbocycles. The van der Waals surface area contributed by atoms with E-state index < -0.39 is 0 Å². The molecule has 0 aliphatic carbocycles. The molecule has 1 aliphatic rings. The molecule has 0 spiro atoms. The molecule has 68 valence electrons. The monoisotopic (exact) mass is 188 g/mol. The Kier molecular flexibility index (Phi) is 3.56. The van der Waals surface area contributed by atoms with E-state index in [1.165, 1.54) is 19.3 Å². The molecule has 1 fully saturated rings. The van der Waals surface area contributed by atoms with Crippen LogP contribution in [-0.2, 0) is 0 Å². The van der Waals surface area contributed by atoms with Gasteiger partial charge in [-0.15, -0.1) is 12.4 Å². The van der Waals surface area contributed by atoms with E-state index in [-0.39, 0.29) is 12.4 Å². The lowest BCUT2D eigenvalue weighted by molar-refractivity contribution is 0.305. The minimum Gasteiger partial charge on any atom is -0.360 e. The number of aromatic nitrogens is 1. The second-order valence-electron chi connectivity index (χ2n) is 2.92. The Morgan fingerprint density at radius 2 is 2.42 bits per heavy atom. The first-order valence-electron chi connectivity index (χ1n) is 4.11. The molecule has 2 rings (SSSR count). The van der Waals surface area contributed by atoms with Crippen LogP contribution in [0.15, 0.2) is 16.8 Å². The second kappa shape index (κ2) is 4.48. The Morgan fingerprint density at radius 3 is 3.00 bits per heavy atom. The summed E-state index contributed by atoms with van der Waals surface area (Å²) in [6, 6.07) is 2.34. The van der Waals surface area contributed by atoms with Gasteiger partial charge in [-0.25, -0.2) is 0 Å². The molecule has 1 unspecified atom stereocenters. The number of hydrogen-bond acceptors (Lipinski definition) is 3. The van der Waals surface area contributed by atoms with Crippen molar-refractivity contribution in [2.75, 3.05) is 6.54 Å². The van der Waals surface area contributed by atoms with Gasteiger partial charge in [0.1, 0.15) is 0 Å². The fourth-order valence-electron chi connectivity index (χ4n) is 1.50. The Balaban J connectivity index is 0.000000720. The van der Waals surface area contributed by atoms with Gasteiger partial charge in [0.25, 0.3) is 0 Å². The van der Waals surface area contributed by atoms with Gasteiger partial charge in [-0.05, 0) is 19.4 Å². The van der Waals surface area contributed by atoms with Gasteiger partial charge in [-0.2, -0.15) is 0 Å². The Hall–Kier alpha value is -0.540. The van der Waals surface area contributed by atoms with E-state index in [0.29, 0.717) is 6.04 Å². The van der Waals surface area contributed by atoms with Crippen molar-refractivity contribution >= 4 is 12.4 Å². The van der Waals surface area contributed by atoms with Gasteiger partial charge in [0.15, 0.2) is 5.76 Å². The second-order valence-corrected chi connectivity index (χ2v) is 2.92. The average Bonchev–Trinajstić information content (AvgIpc) is 2.58. The lowest BCUT2D eigenvalue weighted by atomic mass is 10.0. The van der Waals surface area contributed by atoms with Crippen molar-refractivity contribution in [2.45, 2.75) is 25.3 Å². The zero-order chi connectivity index (χ0) is 7.52. The van der Waals surface area contributed by atoms with Crippen molar-refractivity contribution in [3.63, 3.8) is 0 Å². The summed E-state index contributed by atoms with van der Waals surface area (Å²) in [4.78, 5) is 0. The van der Waals surface area contributed by atoms with Gasteiger partial charge in [0.05, 0.1) is 12.2 Å². The molecular weight excluding hydrogens is 176 g/mol. The van der Waals surface area contributed by atoms with E-state index in [1.54, 1.807) is 6.20 Å². The van der Waals surface area contributed by atoms with Crippen molar-refractivity contribution in [1.82, 2.24) is 10.5 Å². The van der Waals surface area contributed by atoms with Crippen LogP contribution >= 0.6 is 12.4 Å². The Bertz CT molecular complexity index is 207. The van der Waals surface area contributed by atoms with Gasteiger partial charge in [0.2, 0.25) is 0 Å². The van der Waals surface area contributed by atoms with Gasteiger partial charge in [-0.3, -0.25) is 0 Å². The van der Waals surface area contributed by atoms with E-state index in [9.17, 15) is 0 Å². The van der Waals surface area contributed by atoms with E-state index in [0.717, 1.165) is 12.3 Å². The molecule has 1 saturated heterocycles. The lowest BCUT2D eigenvalue weighted by Crippen LogP contribution is -2.26. The van der Waals surface area contributed by atoms with Crippen LogP contribution < -0.4 is 5.32 Å². The lowest BCUT2D eigenvalue weighted by Gasteiger charge is -2.20. The van der Waals surface area contributed by atoms with Crippen molar-refractivity contribution < 1.29 is 4.52 Å². The van der Waals surface area contributed by atoms with Crippen LogP contribution in [0.1, 0.15) is 31.1 Å². The highest BCUT2D eigenvalue weighted by Gasteiger charge is 2.16. The molecule has 1 aromatic heterocycles. The third kappa shape index (κ3) is 1.99. The predicted molar refractivity (Wildman–Crippen MR) is 48.3 cm³/mol. The molecule has 0 bridgehead atoms. The van der Waals surface area contributed by atoms with Crippen molar-refractivity contribution in [3.8, 4) is 0 Å². The number of rotatable bonds is 1. The highest BCUT2D eigenvalue weighted by Crippen LogP contribution is 2.21. The standard InChI is InChI=1S/C8H12N2O.ClH/c1-2-5-9-7(3-1)8-4-6-10-11-8;/h4,6-7,9H,1-3,5H2;1H. The van der Waals surface area contributed by atoms with Crippen molar-refractivity contribution in [3.05, 3.63) is 18.0 Å². The Morgan fingerprint density at radius 1 is 1.50 bits per heavy atom. The number of nitrogens with zero attached hydrogens (tertiary/aromatic N) is 1. The molecule has 1 aliphatic heterocycles. The van der Waals surface area contributed by atoms with Crippen LogP contribution in [0.3, 0.4) is 0 Å². The topological polar surface area (TPSA) is 38.1 Å². The maximum atomic E-state index is 5.06. The van der Waals surface area contributed by atoms with Crippen LogP contribution in [0, 0.1) is 0 Å². The van der Waals surface area contributed by atoms with Gasteiger partial charge >= 0.3 is 0 Å². The van der Waals surface area contributed by atoms with E-state index >= 15 is 0 Å². The summed E-state index contributed by atoms with van der Waals surface area (Å²) in [6.07, 6.45) is 5.45. The third-order valence-corrected chi connectivity index (χ3v) is 2.11. The normalized spacial score (nSPS) is 23.2. The zero-order valence-electron chi connectivity index (χ0n) is 6.82. The molecular formula is C8H13ClN2O. The summed E-state index contributed by atoms with van der Waals surface area (Å²) >= 11 is 0. The molecule has 2 heterocycles. The first-order chi connectivity index (χ1) is 5.47. The van der Waals surface area contributed by atoms with Crippen LogP contribution in [0.2, 0.25) is 0 Å². The molecule has 1 atom stereocenters. The summed E-state index contributed by atoms with van der Waals surface area (Å²) in [5.74, 6) is 0.977. The summed E-state index contributed by atoms with van der Waals surface area (Å²) in [7, 11) is 0. The van der Waals surface area contributed by atoms with Crippen LogP contribution in [0.5, 0.6) is 0 Å². The molecule has 1 N–H and O–H groups in total. The highest BCUT2D eigenvalue weighted by molar-refractivity contribution is 5.85. The predicted octanol–water partition coefficient (Wildman–Crippen LogP) is 1.91. The van der Waals surface area contributed by atoms with Crippen LogP contribution in [0.25, 0.3) is 0 Å². The number of piperidine rings is 1. The van der Waals surface area contributed by atoms with Crippen molar-refractivity contribution in [1.29, 1.82) is 0 Å². The zero-order valence-corrected chi connectivity index (χ0v) is 7.64. The molecule has 4 heteroatoms. The summed E-state index contributed by atoms with van der Waals surface area (Å²) in [6.45, 7) is 1.10. The Labute approximate surface area is 77.9 Å². The third-order valence-electron chi connectivity index (χ3n) is 2.11. The molecule has 12 heavy (non-hydrogen) atoms. The summed E-state index contributed by atoms with van der Waals surface area (Å²) < 4.78 is 5.06. The fraction of sp³-hybridized carbons (Fsp3) is 0.625. The van der Waals surface area contributed by atoms with E-state index in [4.69, 9.17) is 4.52 Å². The molecule has 0 radical (unpaired) electrons. The van der Waals surface area contributed by atoms with Gasteiger partial charge in [-0.1, -0.05) is 11.6 Å². The van der Waals surface area contributed by atoms with E-state index in [2.05, 4.69) is 10.5 Å². The maximum absolute atomic E-state index is 5.06. The van der Waals surface area contributed by atoms with Gasteiger partial charge in [0, 0.05) is 6.07 Å². The minimum absolute atomic E-state index is 0. The van der Waals surface area contributed by atoms with Crippen LogP contribution in [-0.4, -0.2) is 11.7 Å². The first-order valence-corrected chi connectivity index (χ1v) is 4.11. The molecule has 0 amide bonds. The summed E-state index contributed by atoms with van der Waals surface area (Å²) in [5, 5.41) is 7.07. The van der Waals surface area contributed by atoms with Crippen molar-refractivity contribution in [2.24, 2.45) is 0 Å². The number of hydrogen-bond donors (Lipinski definition) is 1. The van der Waals surface area contributed by atoms with E-state index in [1.807, 2.05) is 6.07 Å². The smallest absolute Gasteiger partial charge is 0.153 e. The molecule has 1 aromatic rings. The largest absolute Gasteiger partial charge is 0.360 e. The quantitative estimate of drug-likeness (QED) is 0.732. The average molecular weight is 189 g/mol. The number of halogens is 1. The van der Waals surface area contributed by atoms with Crippen LogP contribution in [0.4, 0.5) is 0 Å². The minimum atomic E-state index is 0. The number of nitrogens with one attached hydrogen (secondary N) is 1.